The third-order valence-electron chi connectivity index (χ3n) is 4.07. The van der Waals surface area contributed by atoms with E-state index in [4.69, 9.17) is 12.2 Å². The minimum atomic E-state index is -0.654. The van der Waals surface area contributed by atoms with Crippen molar-refractivity contribution in [1.29, 1.82) is 0 Å². The third-order valence-corrected chi connectivity index (χ3v) is 4.34. The van der Waals surface area contributed by atoms with Crippen LogP contribution >= 0.6 is 12.2 Å². The van der Waals surface area contributed by atoms with Crippen LogP contribution < -0.4 is 4.90 Å². The van der Waals surface area contributed by atoms with Gasteiger partial charge in [0.05, 0.1) is 17.3 Å². The number of aliphatic imine (C=N–C) groups is 1. The van der Waals surface area contributed by atoms with Crippen molar-refractivity contribution in [3.8, 4) is 0 Å². The third kappa shape index (κ3) is 2.49. The van der Waals surface area contributed by atoms with E-state index in [1.807, 2.05) is 13.8 Å². The number of nitrogens with zero attached hydrogens (tertiary/aromatic N) is 5. The van der Waals surface area contributed by atoms with Gasteiger partial charge >= 0.3 is 0 Å². The number of rotatable bonds is 2. The first-order valence-electron chi connectivity index (χ1n) is 7.83. The number of amides is 1. The Morgan fingerprint density at radius 3 is 2.92 bits per heavy atom. The summed E-state index contributed by atoms with van der Waals surface area (Å²) in [6.45, 7) is 3.99. The first kappa shape index (κ1) is 15.8. The predicted molar refractivity (Wildman–Crippen MR) is 96.4 cm³/mol. The van der Waals surface area contributed by atoms with Gasteiger partial charge in [0.1, 0.15) is 5.83 Å². The maximum Gasteiger partial charge on any atom is 0.246 e. The van der Waals surface area contributed by atoms with Crippen LogP contribution in [0, 0.1) is 5.92 Å². The summed E-state index contributed by atoms with van der Waals surface area (Å²) < 4.78 is 15.0. The van der Waals surface area contributed by atoms with Gasteiger partial charge in [-0.2, -0.15) is 5.10 Å². The summed E-state index contributed by atoms with van der Waals surface area (Å²) >= 11 is 5.30. The first-order chi connectivity index (χ1) is 12.0. The van der Waals surface area contributed by atoms with Crippen LogP contribution in [-0.4, -0.2) is 31.3 Å². The maximum absolute atomic E-state index is 13.4. The van der Waals surface area contributed by atoms with Gasteiger partial charge in [0.25, 0.3) is 0 Å². The van der Waals surface area contributed by atoms with Crippen molar-refractivity contribution < 1.29 is 9.18 Å². The highest BCUT2D eigenvalue weighted by atomic mass is 32.1. The second kappa shape index (κ2) is 5.66. The van der Waals surface area contributed by atoms with Crippen molar-refractivity contribution >= 4 is 40.3 Å². The van der Waals surface area contributed by atoms with Crippen molar-refractivity contribution in [2.75, 3.05) is 4.90 Å². The van der Waals surface area contributed by atoms with Crippen LogP contribution in [-0.2, 0) is 4.79 Å². The second-order valence-corrected chi connectivity index (χ2v) is 6.51. The SMILES string of the molecule is CC(C)c1nc2c(N3C(=O)C4C=CC(F)=CC4=NC3=S)cccn2n1. The van der Waals surface area contributed by atoms with E-state index in [0.717, 1.165) is 0 Å². The summed E-state index contributed by atoms with van der Waals surface area (Å²) in [4.78, 5) is 23.1. The lowest BCUT2D eigenvalue weighted by atomic mass is 9.95. The number of pyridine rings is 1. The molecular weight excluding hydrogens is 341 g/mol. The number of thiocarbonyl (C=S) groups is 1. The fraction of sp³-hybridized carbons (Fsp3) is 0.235. The number of halogens is 1. The lowest BCUT2D eigenvalue weighted by molar-refractivity contribution is -0.118. The molecular formula is C17H14FN5OS. The molecule has 0 bridgehead atoms. The summed E-state index contributed by atoms with van der Waals surface area (Å²) in [6, 6.07) is 3.52. The van der Waals surface area contributed by atoms with Crippen molar-refractivity contribution in [2.45, 2.75) is 19.8 Å². The minimum absolute atomic E-state index is 0.0674. The number of hydrogen-bond donors (Lipinski definition) is 0. The van der Waals surface area contributed by atoms with Crippen LogP contribution in [0.25, 0.3) is 5.65 Å². The van der Waals surface area contributed by atoms with Crippen LogP contribution in [0.5, 0.6) is 0 Å². The lowest BCUT2D eigenvalue weighted by Gasteiger charge is -2.30. The van der Waals surface area contributed by atoms with Gasteiger partial charge in [0.2, 0.25) is 11.0 Å². The number of carbonyl (C=O) groups is 1. The molecule has 1 atom stereocenters. The highest BCUT2D eigenvalue weighted by Crippen LogP contribution is 2.29. The molecule has 0 saturated carbocycles. The predicted octanol–water partition coefficient (Wildman–Crippen LogP) is 2.96. The Balaban J connectivity index is 1.85. The molecule has 2 aliphatic rings. The van der Waals surface area contributed by atoms with E-state index in [0.29, 0.717) is 22.9 Å². The fourth-order valence-electron chi connectivity index (χ4n) is 2.82. The molecule has 1 aliphatic carbocycles. The van der Waals surface area contributed by atoms with Crippen LogP contribution in [0.15, 0.2) is 47.4 Å². The number of fused-ring (bicyclic) bond motifs is 2. The van der Waals surface area contributed by atoms with Gasteiger partial charge in [0, 0.05) is 12.1 Å². The molecule has 0 N–H and O–H groups in total. The van der Waals surface area contributed by atoms with Crippen molar-refractivity contribution in [1.82, 2.24) is 14.6 Å². The normalized spacial score (nSPS) is 20.2. The zero-order chi connectivity index (χ0) is 17.7. The van der Waals surface area contributed by atoms with E-state index in [-0.39, 0.29) is 16.9 Å². The van der Waals surface area contributed by atoms with Gasteiger partial charge in [-0.15, -0.1) is 0 Å². The van der Waals surface area contributed by atoms with E-state index >= 15 is 0 Å². The molecule has 25 heavy (non-hydrogen) atoms. The molecule has 8 heteroatoms. The summed E-state index contributed by atoms with van der Waals surface area (Å²) in [7, 11) is 0. The maximum atomic E-state index is 13.4. The van der Waals surface area contributed by atoms with E-state index in [1.165, 1.54) is 23.1 Å². The Kier molecular flexibility index (Phi) is 3.57. The van der Waals surface area contributed by atoms with Crippen molar-refractivity contribution in [3.63, 3.8) is 0 Å². The topological polar surface area (TPSA) is 62.9 Å². The molecule has 3 heterocycles. The van der Waals surface area contributed by atoms with Gasteiger partial charge < -0.3 is 0 Å². The summed E-state index contributed by atoms with van der Waals surface area (Å²) in [5, 5.41) is 4.49. The Morgan fingerprint density at radius 2 is 2.16 bits per heavy atom. The summed E-state index contributed by atoms with van der Waals surface area (Å²) in [6.07, 6.45) is 5.76. The van der Waals surface area contributed by atoms with Gasteiger partial charge in [-0.3, -0.25) is 9.69 Å². The van der Waals surface area contributed by atoms with Gasteiger partial charge in [-0.05, 0) is 36.5 Å². The lowest BCUT2D eigenvalue weighted by Crippen LogP contribution is -2.46. The van der Waals surface area contributed by atoms with Gasteiger partial charge in [0.15, 0.2) is 11.5 Å². The molecule has 1 unspecified atom stereocenters. The van der Waals surface area contributed by atoms with E-state index in [9.17, 15) is 9.18 Å². The molecule has 126 valence electrons. The molecule has 0 radical (unpaired) electrons. The zero-order valence-corrected chi connectivity index (χ0v) is 14.4. The van der Waals surface area contributed by atoms with Gasteiger partial charge in [-0.25, -0.2) is 18.9 Å². The highest BCUT2D eigenvalue weighted by Gasteiger charge is 2.36. The molecule has 1 amide bonds. The van der Waals surface area contributed by atoms with Crippen LogP contribution in [0.2, 0.25) is 0 Å². The molecule has 0 saturated heterocycles. The average molecular weight is 355 g/mol. The standard InChI is InChI=1S/C17H14FN5OS/c1-9(2)14-20-15-13(4-3-7-22(15)21-14)23-16(24)11-6-5-10(18)8-12(11)19-17(23)25/h3-9,11H,1-2H3. The summed E-state index contributed by atoms with van der Waals surface area (Å²) in [5.41, 5.74) is 1.37. The Morgan fingerprint density at radius 1 is 1.36 bits per heavy atom. The second-order valence-electron chi connectivity index (χ2n) is 6.15. The molecule has 4 rings (SSSR count). The molecule has 2 aromatic rings. The molecule has 1 aliphatic heterocycles. The zero-order valence-electron chi connectivity index (χ0n) is 13.5. The number of anilines is 1. The number of aromatic nitrogens is 3. The van der Waals surface area contributed by atoms with E-state index < -0.39 is 11.7 Å². The summed E-state index contributed by atoms with van der Waals surface area (Å²) in [5.74, 6) is -0.554. The van der Waals surface area contributed by atoms with Crippen molar-refractivity contribution in [3.05, 3.63) is 48.2 Å². The Hall–Kier alpha value is -2.74. The smallest absolute Gasteiger partial charge is 0.246 e. The van der Waals surface area contributed by atoms with Gasteiger partial charge in [-0.1, -0.05) is 19.9 Å². The quantitative estimate of drug-likeness (QED) is 0.777. The Labute approximate surface area is 148 Å². The minimum Gasteiger partial charge on any atom is -0.273 e. The number of carbonyl (C=O) groups excluding carboxylic acids is 1. The fourth-order valence-corrected chi connectivity index (χ4v) is 3.11. The monoisotopic (exact) mass is 355 g/mol. The molecule has 6 nitrogen and oxygen atoms in total. The molecule has 0 spiro atoms. The van der Waals surface area contributed by atoms with Crippen LogP contribution in [0.1, 0.15) is 25.6 Å². The molecule has 0 aromatic carbocycles. The van der Waals surface area contributed by atoms with Crippen LogP contribution in [0.3, 0.4) is 0 Å². The molecule has 2 aromatic heterocycles. The molecule has 0 fully saturated rings. The first-order valence-corrected chi connectivity index (χ1v) is 8.23. The van der Waals surface area contributed by atoms with Crippen molar-refractivity contribution in [2.24, 2.45) is 10.9 Å². The number of allylic oxidation sites excluding steroid dienone is 3. The van der Waals surface area contributed by atoms with E-state index in [1.54, 1.807) is 22.8 Å². The largest absolute Gasteiger partial charge is 0.273 e. The van der Waals surface area contributed by atoms with Crippen LogP contribution in [0.4, 0.5) is 10.1 Å². The Bertz CT molecular complexity index is 1000. The average Bonchev–Trinajstić information content (AvgIpc) is 2.99. The number of hydrogen-bond acceptors (Lipinski definition) is 4. The van der Waals surface area contributed by atoms with E-state index in [2.05, 4.69) is 15.1 Å². The highest BCUT2D eigenvalue weighted by molar-refractivity contribution is 7.80.